The molecule has 0 aromatic rings. The highest BCUT2D eigenvalue weighted by Crippen LogP contribution is 2.33. The Kier molecular flexibility index (Phi) is 5.77. The van der Waals surface area contributed by atoms with Gasteiger partial charge in [-0.25, -0.2) is 0 Å². The van der Waals surface area contributed by atoms with Gasteiger partial charge in [0.1, 0.15) is 5.60 Å². The minimum absolute atomic E-state index is 0.0274. The van der Waals surface area contributed by atoms with E-state index >= 15 is 0 Å². The van der Waals surface area contributed by atoms with Gasteiger partial charge in [0.15, 0.2) is 0 Å². The summed E-state index contributed by atoms with van der Waals surface area (Å²) in [6, 6.07) is 0. The number of hydrogen-bond donors (Lipinski definition) is 0. The van der Waals surface area contributed by atoms with Crippen LogP contribution in [0.3, 0.4) is 0 Å². The predicted octanol–water partition coefficient (Wildman–Crippen LogP) is 3.79. The van der Waals surface area contributed by atoms with Crippen molar-refractivity contribution >= 4 is 0 Å². The Bertz CT molecular complexity index is 189. The van der Waals surface area contributed by atoms with Crippen LogP contribution in [0.1, 0.15) is 59.8 Å². The van der Waals surface area contributed by atoms with Crippen molar-refractivity contribution in [3.63, 3.8) is 0 Å². The van der Waals surface area contributed by atoms with E-state index in [4.69, 9.17) is 9.47 Å². The second-order valence-corrected chi connectivity index (χ2v) is 5.10. The first-order chi connectivity index (χ1) is 7.68. The predicted molar refractivity (Wildman–Crippen MR) is 67.7 cm³/mol. The maximum atomic E-state index is 6.15. The van der Waals surface area contributed by atoms with Crippen LogP contribution in [0.2, 0.25) is 0 Å². The minimum Gasteiger partial charge on any atom is -0.372 e. The first-order valence-corrected chi connectivity index (χ1v) is 6.94. The largest absolute Gasteiger partial charge is 0.372 e. The molecule has 1 aliphatic heterocycles. The standard InChI is InChI=1S/C14H28O2/c1-5-8-9-13(6-2)10-16-14(7-3)11-15-12(14)4/h12-13H,5-11H2,1-4H3. The molecule has 0 radical (unpaired) electrons. The molecule has 0 amide bonds. The summed E-state index contributed by atoms with van der Waals surface area (Å²) in [5.41, 5.74) is 0.0274. The lowest BCUT2D eigenvalue weighted by Crippen LogP contribution is -2.58. The summed E-state index contributed by atoms with van der Waals surface area (Å²) >= 11 is 0. The Morgan fingerprint density at radius 1 is 1.38 bits per heavy atom. The van der Waals surface area contributed by atoms with Gasteiger partial charge in [-0.05, 0) is 25.7 Å². The van der Waals surface area contributed by atoms with Gasteiger partial charge in [0.25, 0.3) is 0 Å². The lowest BCUT2D eigenvalue weighted by molar-refractivity contribution is -0.259. The fraction of sp³-hybridized carbons (Fsp3) is 1.00. The maximum Gasteiger partial charge on any atom is 0.117 e. The van der Waals surface area contributed by atoms with Gasteiger partial charge >= 0.3 is 0 Å². The van der Waals surface area contributed by atoms with E-state index in [2.05, 4.69) is 27.7 Å². The number of ether oxygens (including phenoxy) is 2. The van der Waals surface area contributed by atoms with Crippen LogP contribution >= 0.6 is 0 Å². The second-order valence-electron chi connectivity index (χ2n) is 5.10. The van der Waals surface area contributed by atoms with Crippen molar-refractivity contribution in [2.75, 3.05) is 13.2 Å². The molecule has 0 N–H and O–H groups in total. The van der Waals surface area contributed by atoms with Crippen LogP contribution in [0.4, 0.5) is 0 Å². The molecule has 16 heavy (non-hydrogen) atoms. The zero-order valence-electron chi connectivity index (χ0n) is 11.4. The second kappa shape index (κ2) is 6.61. The maximum absolute atomic E-state index is 6.15. The summed E-state index contributed by atoms with van der Waals surface area (Å²) in [4.78, 5) is 0. The number of rotatable bonds is 8. The molecule has 1 heterocycles. The van der Waals surface area contributed by atoms with Gasteiger partial charge in [0, 0.05) is 0 Å². The van der Waals surface area contributed by atoms with Crippen molar-refractivity contribution in [2.45, 2.75) is 71.5 Å². The third-order valence-electron chi connectivity index (χ3n) is 4.07. The molecule has 3 atom stereocenters. The van der Waals surface area contributed by atoms with E-state index in [1.807, 2.05) is 0 Å². The zero-order chi connectivity index (χ0) is 12.0. The van der Waals surface area contributed by atoms with Gasteiger partial charge in [-0.3, -0.25) is 0 Å². The summed E-state index contributed by atoms with van der Waals surface area (Å²) in [5.74, 6) is 0.733. The molecule has 0 aliphatic carbocycles. The van der Waals surface area contributed by atoms with Gasteiger partial charge in [0.05, 0.1) is 19.3 Å². The first-order valence-electron chi connectivity index (χ1n) is 6.94. The third kappa shape index (κ3) is 3.21. The van der Waals surface area contributed by atoms with Crippen molar-refractivity contribution in [3.05, 3.63) is 0 Å². The van der Waals surface area contributed by atoms with Crippen LogP contribution < -0.4 is 0 Å². The average Bonchev–Trinajstić information content (AvgIpc) is 2.32. The molecule has 1 aliphatic rings. The van der Waals surface area contributed by atoms with E-state index in [9.17, 15) is 0 Å². The molecular formula is C14H28O2. The lowest BCUT2D eigenvalue weighted by Gasteiger charge is -2.47. The Labute approximate surface area is 101 Å². The molecule has 3 unspecified atom stereocenters. The molecule has 0 aromatic heterocycles. The average molecular weight is 228 g/mol. The van der Waals surface area contributed by atoms with E-state index < -0.39 is 0 Å². The Morgan fingerprint density at radius 2 is 2.12 bits per heavy atom. The third-order valence-corrected chi connectivity index (χ3v) is 4.07. The molecular weight excluding hydrogens is 200 g/mol. The van der Waals surface area contributed by atoms with Crippen LogP contribution in [0.15, 0.2) is 0 Å². The van der Waals surface area contributed by atoms with Gasteiger partial charge in [-0.2, -0.15) is 0 Å². The van der Waals surface area contributed by atoms with Crippen LogP contribution in [0.25, 0.3) is 0 Å². The Hall–Kier alpha value is -0.0800. The molecule has 1 rings (SSSR count). The smallest absolute Gasteiger partial charge is 0.117 e. The molecule has 0 saturated carbocycles. The topological polar surface area (TPSA) is 18.5 Å². The number of hydrogen-bond acceptors (Lipinski definition) is 2. The normalized spacial score (nSPS) is 31.1. The molecule has 1 saturated heterocycles. The highest BCUT2D eigenvalue weighted by molar-refractivity contribution is 4.93. The van der Waals surface area contributed by atoms with Crippen molar-refractivity contribution in [2.24, 2.45) is 5.92 Å². The highest BCUT2D eigenvalue weighted by atomic mass is 16.6. The summed E-state index contributed by atoms with van der Waals surface area (Å²) < 4.78 is 11.6. The van der Waals surface area contributed by atoms with Crippen molar-refractivity contribution in [1.82, 2.24) is 0 Å². The van der Waals surface area contributed by atoms with Crippen molar-refractivity contribution in [3.8, 4) is 0 Å². The molecule has 0 bridgehead atoms. The fourth-order valence-corrected chi connectivity index (χ4v) is 2.27. The quantitative estimate of drug-likeness (QED) is 0.629. The van der Waals surface area contributed by atoms with E-state index in [1.54, 1.807) is 0 Å². The van der Waals surface area contributed by atoms with Gasteiger partial charge in [0.2, 0.25) is 0 Å². The molecule has 1 fully saturated rings. The molecule has 96 valence electrons. The minimum atomic E-state index is 0.0274. The molecule has 0 aromatic carbocycles. The van der Waals surface area contributed by atoms with Crippen LogP contribution in [-0.2, 0) is 9.47 Å². The van der Waals surface area contributed by atoms with Crippen molar-refractivity contribution in [1.29, 1.82) is 0 Å². The molecule has 0 spiro atoms. The lowest BCUT2D eigenvalue weighted by atomic mass is 9.89. The zero-order valence-corrected chi connectivity index (χ0v) is 11.4. The fourth-order valence-electron chi connectivity index (χ4n) is 2.27. The first kappa shape index (κ1) is 14.0. The Balaban J connectivity index is 2.30. The van der Waals surface area contributed by atoms with Gasteiger partial charge < -0.3 is 9.47 Å². The van der Waals surface area contributed by atoms with Gasteiger partial charge in [-0.15, -0.1) is 0 Å². The Morgan fingerprint density at radius 3 is 2.50 bits per heavy atom. The van der Waals surface area contributed by atoms with E-state index in [0.29, 0.717) is 0 Å². The van der Waals surface area contributed by atoms with Gasteiger partial charge in [-0.1, -0.05) is 40.0 Å². The van der Waals surface area contributed by atoms with Crippen LogP contribution in [0.5, 0.6) is 0 Å². The summed E-state index contributed by atoms with van der Waals surface area (Å²) in [5, 5.41) is 0. The van der Waals surface area contributed by atoms with Crippen LogP contribution in [0, 0.1) is 5.92 Å². The summed E-state index contributed by atoms with van der Waals surface area (Å²) in [7, 11) is 0. The summed E-state index contributed by atoms with van der Waals surface area (Å²) in [6.07, 6.45) is 6.50. The highest BCUT2D eigenvalue weighted by Gasteiger charge is 2.45. The van der Waals surface area contributed by atoms with E-state index in [-0.39, 0.29) is 11.7 Å². The molecule has 2 heteroatoms. The summed E-state index contributed by atoms with van der Waals surface area (Å²) in [6.45, 7) is 10.5. The van der Waals surface area contributed by atoms with Crippen molar-refractivity contribution < 1.29 is 9.47 Å². The van der Waals surface area contributed by atoms with E-state index in [0.717, 1.165) is 25.6 Å². The van der Waals surface area contributed by atoms with Crippen LogP contribution in [-0.4, -0.2) is 24.9 Å². The SMILES string of the molecule is CCCCC(CC)COC1(CC)COC1C. The molecule has 2 nitrogen and oxygen atoms in total. The van der Waals surface area contributed by atoms with E-state index in [1.165, 1.54) is 25.7 Å². The monoisotopic (exact) mass is 228 g/mol. The number of unbranched alkanes of at least 4 members (excludes halogenated alkanes) is 1.